The Hall–Kier alpha value is -3.86. The Morgan fingerprint density at radius 1 is 0.906 bits per heavy atom. The number of anilines is 1. The molecular formula is C27H26N2O3. The number of esters is 1. The lowest BCUT2D eigenvalue weighted by Gasteiger charge is -2.18. The molecule has 32 heavy (non-hydrogen) atoms. The maximum Gasteiger partial charge on any atom is 0.340 e. The van der Waals surface area contributed by atoms with E-state index in [1.54, 1.807) is 17.9 Å². The van der Waals surface area contributed by atoms with E-state index >= 15 is 0 Å². The minimum Gasteiger partial charge on any atom is -0.465 e. The first-order chi connectivity index (χ1) is 15.3. The van der Waals surface area contributed by atoms with Gasteiger partial charge in [-0.05, 0) is 75.2 Å². The predicted molar refractivity (Wildman–Crippen MR) is 127 cm³/mol. The van der Waals surface area contributed by atoms with Crippen LogP contribution in [0.3, 0.4) is 0 Å². The summed E-state index contributed by atoms with van der Waals surface area (Å²) < 4.78 is 7.17. The van der Waals surface area contributed by atoms with Gasteiger partial charge in [-0.2, -0.15) is 0 Å². The van der Waals surface area contributed by atoms with Crippen LogP contribution in [0.25, 0.3) is 11.8 Å². The molecule has 0 unspecified atom stereocenters. The van der Waals surface area contributed by atoms with E-state index < -0.39 is 5.97 Å². The van der Waals surface area contributed by atoms with Crippen molar-refractivity contribution in [3.05, 3.63) is 100 Å². The van der Waals surface area contributed by atoms with Crippen molar-refractivity contribution in [2.24, 2.45) is 0 Å². The number of aryl methyl sites for hydroxylation is 2. The lowest BCUT2D eigenvalue weighted by molar-refractivity contribution is -0.136. The molecule has 2 heterocycles. The molecule has 0 saturated carbocycles. The third-order valence-corrected chi connectivity index (χ3v) is 5.83. The molecule has 0 fully saturated rings. The van der Waals surface area contributed by atoms with Crippen molar-refractivity contribution in [3.63, 3.8) is 0 Å². The first-order valence-electron chi connectivity index (χ1n) is 10.5. The van der Waals surface area contributed by atoms with Gasteiger partial charge < -0.3 is 9.30 Å². The molecule has 1 aromatic heterocycles. The van der Waals surface area contributed by atoms with Crippen LogP contribution >= 0.6 is 0 Å². The van der Waals surface area contributed by atoms with Crippen molar-refractivity contribution in [1.29, 1.82) is 0 Å². The number of carbonyl (C=O) groups excluding carboxylic acids is 2. The van der Waals surface area contributed by atoms with Gasteiger partial charge in [0.1, 0.15) is 0 Å². The molecule has 0 bridgehead atoms. The number of aromatic nitrogens is 1. The van der Waals surface area contributed by atoms with Gasteiger partial charge in [-0.1, -0.05) is 30.3 Å². The number of hydrogen-bond acceptors (Lipinski definition) is 3. The number of amides is 1. The molecule has 0 saturated heterocycles. The number of hydrogen-bond donors (Lipinski definition) is 0. The Kier molecular flexibility index (Phi) is 5.57. The number of allylic oxidation sites excluding steroid dienone is 1. The van der Waals surface area contributed by atoms with Crippen molar-refractivity contribution in [2.45, 2.75) is 27.7 Å². The van der Waals surface area contributed by atoms with Gasteiger partial charge >= 0.3 is 5.97 Å². The van der Waals surface area contributed by atoms with Crippen molar-refractivity contribution >= 4 is 23.6 Å². The van der Waals surface area contributed by atoms with Gasteiger partial charge in [-0.3, -0.25) is 9.69 Å². The summed E-state index contributed by atoms with van der Waals surface area (Å²) in [5, 5.41) is 0. The molecule has 1 aliphatic rings. The van der Waals surface area contributed by atoms with Crippen LogP contribution in [-0.4, -0.2) is 23.6 Å². The Morgan fingerprint density at radius 3 is 2.25 bits per heavy atom. The van der Waals surface area contributed by atoms with Crippen LogP contribution in [0.4, 0.5) is 5.69 Å². The summed E-state index contributed by atoms with van der Waals surface area (Å²) in [6, 6.07) is 19.8. The number of methoxy groups -OCH3 is 1. The van der Waals surface area contributed by atoms with E-state index in [2.05, 4.69) is 4.57 Å². The number of nitrogens with zero attached hydrogens (tertiary/aromatic N) is 2. The van der Waals surface area contributed by atoms with Gasteiger partial charge in [0, 0.05) is 28.5 Å². The molecule has 0 aliphatic carbocycles. The fourth-order valence-electron chi connectivity index (χ4n) is 4.32. The summed E-state index contributed by atoms with van der Waals surface area (Å²) in [6.45, 7) is 7.79. The van der Waals surface area contributed by atoms with Crippen molar-refractivity contribution in [2.75, 3.05) is 12.0 Å². The van der Waals surface area contributed by atoms with E-state index in [9.17, 15) is 9.59 Å². The van der Waals surface area contributed by atoms with Gasteiger partial charge in [0.15, 0.2) is 0 Å². The average molecular weight is 427 g/mol. The summed E-state index contributed by atoms with van der Waals surface area (Å²) in [4.78, 5) is 27.8. The zero-order valence-electron chi connectivity index (χ0n) is 19.0. The van der Waals surface area contributed by atoms with E-state index in [1.807, 2.05) is 81.4 Å². The van der Waals surface area contributed by atoms with Crippen LogP contribution in [0.15, 0.2) is 77.5 Å². The van der Waals surface area contributed by atoms with Gasteiger partial charge in [0.2, 0.25) is 0 Å². The first kappa shape index (κ1) is 21.4. The lowest BCUT2D eigenvalue weighted by Crippen LogP contribution is -2.24. The minimum absolute atomic E-state index is 0.238. The predicted octanol–water partition coefficient (Wildman–Crippen LogP) is 5.28. The average Bonchev–Trinajstić information content (AvgIpc) is 3.19. The Bertz CT molecular complexity index is 1280. The standard InChI is InChI=1S/C27H26N2O3/c1-17-10-9-13-23(14-17)29-20(4)25(27(31)32-5)24(26(29)30)16-21-15-18(2)28(19(21)3)22-11-7-6-8-12-22/h6-16H,1-5H3/b24-16-. The monoisotopic (exact) mass is 426 g/mol. The van der Waals surface area contributed by atoms with Crippen LogP contribution in [0.2, 0.25) is 0 Å². The van der Waals surface area contributed by atoms with Crippen LogP contribution in [0, 0.1) is 20.8 Å². The second-order valence-electron chi connectivity index (χ2n) is 7.99. The van der Waals surface area contributed by atoms with Gasteiger partial charge in [0.05, 0.1) is 18.3 Å². The third kappa shape index (κ3) is 3.56. The van der Waals surface area contributed by atoms with Crippen molar-refractivity contribution in [3.8, 4) is 5.69 Å². The molecule has 1 aliphatic heterocycles. The van der Waals surface area contributed by atoms with Gasteiger partial charge in [-0.25, -0.2) is 4.79 Å². The summed E-state index contributed by atoms with van der Waals surface area (Å²) in [6.07, 6.45) is 1.80. The summed E-state index contributed by atoms with van der Waals surface area (Å²) in [7, 11) is 1.33. The van der Waals surface area contributed by atoms with Crippen LogP contribution in [-0.2, 0) is 14.3 Å². The number of carbonyl (C=O) groups is 2. The van der Waals surface area contributed by atoms with E-state index in [-0.39, 0.29) is 5.91 Å². The van der Waals surface area contributed by atoms with Crippen molar-refractivity contribution in [1.82, 2.24) is 4.57 Å². The molecule has 1 amide bonds. The molecule has 4 rings (SSSR count). The largest absolute Gasteiger partial charge is 0.465 e. The Balaban J connectivity index is 1.86. The third-order valence-electron chi connectivity index (χ3n) is 5.83. The highest BCUT2D eigenvalue weighted by Gasteiger charge is 2.38. The number of benzene rings is 2. The number of ether oxygens (including phenoxy) is 1. The van der Waals surface area contributed by atoms with E-state index in [0.717, 1.165) is 33.9 Å². The van der Waals surface area contributed by atoms with Crippen LogP contribution in [0.1, 0.15) is 29.4 Å². The SMILES string of the molecule is COC(=O)C1=C(C)N(c2cccc(C)c2)C(=O)/C1=C\c1cc(C)n(-c2ccccc2)c1C. The molecule has 5 heteroatoms. The fourth-order valence-corrected chi connectivity index (χ4v) is 4.32. The number of rotatable bonds is 4. The van der Waals surface area contributed by atoms with E-state index in [4.69, 9.17) is 4.74 Å². The molecule has 162 valence electrons. The Labute approximate surface area is 188 Å². The lowest BCUT2D eigenvalue weighted by atomic mass is 10.0. The normalized spacial score (nSPS) is 15.1. The summed E-state index contributed by atoms with van der Waals surface area (Å²) in [5.74, 6) is -0.757. The highest BCUT2D eigenvalue weighted by Crippen LogP contribution is 2.36. The first-order valence-corrected chi connectivity index (χ1v) is 10.5. The Morgan fingerprint density at radius 2 is 1.59 bits per heavy atom. The van der Waals surface area contributed by atoms with Crippen LogP contribution < -0.4 is 4.90 Å². The maximum atomic E-state index is 13.5. The molecule has 2 aromatic carbocycles. The zero-order chi connectivity index (χ0) is 23.0. The molecule has 0 spiro atoms. The second-order valence-corrected chi connectivity index (χ2v) is 7.99. The summed E-state index contributed by atoms with van der Waals surface area (Å²) >= 11 is 0. The zero-order valence-corrected chi connectivity index (χ0v) is 19.0. The molecule has 3 aromatic rings. The van der Waals surface area contributed by atoms with Gasteiger partial charge in [0.25, 0.3) is 5.91 Å². The molecule has 0 radical (unpaired) electrons. The van der Waals surface area contributed by atoms with E-state index in [1.165, 1.54) is 7.11 Å². The highest BCUT2D eigenvalue weighted by atomic mass is 16.5. The minimum atomic E-state index is -0.519. The topological polar surface area (TPSA) is 51.5 Å². The quantitative estimate of drug-likeness (QED) is 0.421. The second kappa shape index (κ2) is 8.35. The van der Waals surface area contributed by atoms with E-state index in [0.29, 0.717) is 16.8 Å². The smallest absolute Gasteiger partial charge is 0.340 e. The van der Waals surface area contributed by atoms with Crippen molar-refractivity contribution < 1.29 is 14.3 Å². The van der Waals surface area contributed by atoms with Gasteiger partial charge in [-0.15, -0.1) is 0 Å². The molecule has 0 atom stereocenters. The highest BCUT2D eigenvalue weighted by molar-refractivity contribution is 6.23. The summed E-state index contributed by atoms with van der Waals surface area (Å²) in [5.41, 5.74) is 6.93. The maximum absolute atomic E-state index is 13.5. The molecule has 5 nitrogen and oxygen atoms in total. The van der Waals surface area contributed by atoms with Crippen LogP contribution in [0.5, 0.6) is 0 Å². The molecular weight excluding hydrogens is 400 g/mol. The fraction of sp³-hybridized carbons (Fsp3) is 0.185. The molecule has 0 N–H and O–H groups in total. The number of para-hydroxylation sites is 1.